The van der Waals surface area contributed by atoms with Gasteiger partial charge in [-0.1, -0.05) is 18.2 Å². The monoisotopic (exact) mass is 233 g/mol. The highest BCUT2D eigenvalue weighted by Crippen LogP contribution is 2.37. The Balaban J connectivity index is 1.79. The van der Waals surface area contributed by atoms with Crippen LogP contribution in [0.2, 0.25) is 0 Å². The van der Waals surface area contributed by atoms with Crippen LogP contribution < -0.4 is 11.3 Å². The van der Waals surface area contributed by atoms with Crippen molar-refractivity contribution in [3.05, 3.63) is 29.8 Å². The van der Waals surface area contributed by atoms with Gasteiger partial charge in [-0.15, -0.1) is 11.8 Å². The lowest BCUT2D eigenvalue weighted by molar-refractivity contribution is 0.910. The lowest BCUT2D eigenvalue weighted by Gasteiger charge is -2.11. The molecule has 3 N–H and O–H groups in total. The van der Waals surface area contributed by atoms with E-state index in [1.165, 1.54) is 23.3 Å². The standard InChI is InChI=1S/C12H15N3S/c13-15-12(14-9-5-6-9)11-7-8-3-1-2-4-10(8)16-11/h1-4,9,11H,5-7,13H2,(H,14,15). The van der Waals surface area contributed by atoms with E-state index in [9.17, 15) is 0 Å². The van der Waals surface area contributed by atoms with E-state index in [0.29, 0.717) is 11.3 Å². The molecule has 84 valence electrons. The molecule has 1 heterocycles. The van der Waals surface area contributed by atoms with Gasteiger partial charge < -0.3 is 5.43 Å². The van der Waals surface area contributed by atoms with Gasteiger partial charge >= 0.3 is 0 Å². The molecule has 16 heavy (non-hydrogen) atoms. The van der Waals surface area contributed by atoms with Crippen LogP contribution in [0.5, 0.6) is 0 Å². The summed E-state index contributed by atoms with van der Waals surface area (Å²) >= 11 is 1.87. The highest BCUT2D eigenvalue weighted by Gasteiger charge is 2.28. The van der Waals surface area contributed by atoms with Crippen molar-refractivity contribution >= 4 is 17.6 Å². The molecule has 0 aromatic heterocycles. The highest BCUT2D eigenvalue weighted by molar-refractivity contribution is 8.01. The molecule has 1 aromatic rings. The third-order valence-corrected chi connectivity index (χ3v) is 4.30. The van der Waals surface area contributed by atoms with E-state index < -0.39 is 0 Å². The van der Waals surface area contributed by atoms with E-state index in [2.05, 4.69) is 34.7 Å². The van der Waals surface area contributed by atoms with Crippen molar-refractivity contribution < 1.29 is 0 Å². The van der Waals surface area contributed by atoms with Crippen LogP contribution >= 0.6 is 11.8 Å². The highest BCUT2D eigenvalue weighted by atomic mass is 32.2. The molecule has 1 atom stereocenters. The van der Waals surface area contributed by atoms with Gasteiger partial charge in [-0.25, -0.2) is 5.84 Å². The van der Waals surface area contributed by atoms with E-state index in [1.54, 1.807) is 0 Å². The molecule has 3 rings (SSSR count). The van der Waals surface area contributed by atoms with Crippen LogP contribution in [0, 0.1) is 0 Å². The number of hydrazine groups is 1. The van der Waals surface area contributed by atoms with Crippen LogP contribution in [-0.2, 0) is 6.42 Å². The number of amidine groups is 1. The van der Waals surface area contributed by atoms with Gasteiger partial charge in [-0.2, -0.15) is 0 Å². The van der Waals surface area contributed by atoms with E-state index in [0.717, 1.165) is 12.3 Å². The van der Waals surface area contributed by atoms with Crippen LogP contribution in [-0.4, -0.2) is 17.1 Å². The zero-order valence-electron chi connectivity index (χ0n) is 9.02. The van der Waals surface area contributed by atoms with Crippen LogP contribution in [0.1, 0.15) is 18.4 Å². The lowest BCUT2D eigenvalue weighted by Crippen LogP contribution is -2.38. The van der Waals surface area contributed by atoms with Gasteiger partial charge in [-0.3, -0.25) is 4.99 Å². The zero-order chi connectivity index (χ0) is 11.0. The number of hydrogen-bond acceptors (Lipinski definition) is 3. The summed E-state index contributed by atoms with van der Waals surface area (Å²) in [6.45, 7) is 0. The molecule has 1 aliphatic carbocycles. The van der Waals surface area contributed by atoms with Crippen LogP contribution in [0.3, 0.4) is 0 Å². The van der Waals surface area contributed by atoms with Crippen molar-refractivity contribution in [2.45, 2.75) is 35.4 Å². The Bertz CT molecular complexity index is 401. The van der Waals surface area contributed by atoms with E-state index >= 15 is 0 Å². The van der Waals surface area contributed by atoms with Crippen molar-refractivity contribution in [3.8, 4) is 0 Å². The summed E-state index contributed by atoms with van der Waals surface area (Å²) in [6, 6.07) is 9.06. The fourth-order valence-electron chi connectivity index (χ4n) is 1.95. The average molecular weight is 233 g/mol. The molecular formula is C12H15N3S. The number of nitrogens with one attached hydrogen (secondary N) is 1. The maximum Gasteiger partial charge on any atom is 0.125 e. The summed E-state index contributed by atoms with van der Waals surface area (Å²) in [6.07, 6.45) is 3.47. The molecule has 1 unspecified atom stereocenters. The molecule has 0 radical (unpaired) electrons. The first kappa shape index (κ1) is 10.2. The number of fused-ring (bicyclic) bond motifs is 1. The summed E-state index contributed by atoms with van der Waals surface area (Å²) in [5, 5.41) is 0.378. The number of hydrogen-bond donors (Lipinski definition) is 2. The minimum atomic E-state index is 0.378. The topological polar surface area (TPSA) is 50.4 Å². The first-order valence-corrected chi connectivity index (χ1v) is 6.53. The Labute approximate surface area is 99.5 Å². The van der Waals surface area contributed by atoms with Crippen LogP contribution in [0.15, 0.2) is 34.2 Å². The second-order valence-corrected chi connectivity index (χ2v) is 5.55. The van der Waals surface area contributed by atoms with E-state index in [1.807, 2.05) is 11.8 Å². The number of thioether (sulfide) groups is 1. The van der Waals surface area contributed by atoms with Crippen LogP contribution in [0.4, 0.5) is 0 Å². The quantitative estimate of drug-likeness (QED) is 0.354. The summed E-state index contributed by atoms with van der Waals surface area (Å²) in [4.78, 5) is 6.00. The fourth-order valence-corrected chi connectivity index (χ4v) is 3.22. The maximum atomic E-state index is 5.57. The second kappa shape index (κ2) is 4.11. The molecule has 0 spiro atoms. The number of nitrogens with two attached hydrogens (primary N) is 1. The predicted octanol–water partition coefficient (Wildman–Crippen LogP) is 1.73. The average Bonchev–Trinajstić information content (AvgIpc) is 3.02. The van der Waals surface area contributed by atoms with E-state index in [-0.39, 0.29) is 0 Å². The third-order valence-electron chi connectivity index (χ3n) is 2.97. The number of nitrogens with zero attached hydrogens (tertiary/aromatic N) is 1. The van der Waals surface area contributed by atoms with Gasteiger partial charge in [0.15, 0.2) is 0 Å². The smallest absolute Gasteiger partial charge is 0.125 e. The predicted molar refractivity (Wildman–Crippen MR) is 67.6 cm³/mol. The van der Waals surface area contributed by atoms with E-state index in [4.69, 9.17) is 5.84 Å². The lowest BCUT2D eigenvalue weighted by atomic mass is 10.1. The molecule has 1 saturated carbocycles. The molecule has 2 aliphatic rings. The fraction of sp³-hybridized carbons (Fsp3) is 0.417. The Morgan fingerprint density at radius 2 is 2.19 bits per heavy atom. The van der Waals surface area contributed by atoms with Crippen molar-refractivity contribution in [1.29, 1.82) is 0 Å². The first-order chi connectivity index (χ1) is 7.86. The Hall–Kier alpha value is -1.00. The first-order valence-electron chi connectivity index (χ1n) is 5.65. The largest absolute Gasteiger partial charge is 0.311 e. The van der Waals surface area contributed by atoms with Crippen molar-refractivity contribution in [2.24, 2.45) is 10.8 Å². The maximum absolute atomic E-state index is 5.57. The molecule has 0 saturated heterocycles. The van der Waals surface area contributed by atoms with Gasteiger partial charge in [0.05, 0.1) is 11.3 Å². The van der Waals surface area contributed by atoms with Crippen molar-refractivity contribution in [1.82, 2.24) is 5.43 Å². The number of aliphatic imine (C=N–C) groups is 1. The Morgan fingerprint density at radius 3 is 2.88 bits per heavy atom. The third kappa shape index (κ3) is 1.95. The second-order valence-electron chi connectivity index (χ2n) is 4.31. The molecule has 1 fully saturated rings. The minimum absolute atomic E-state index is 0.378. The minimum Gasteiger partial charge on any atom is -0.311 e. The van der Waals surface area contributed by atoms with Gasteiger partial charge in [0.2, 0.25) is 0 Å². The molecule has 0 bridgehead atoms. The molecular weight excluding hydrogens is 218 g/mol. The van der Waals surface area contributed by atoms with Crippen molar-refractivity contribution in [2.75, 3.05) is 0 Å². The normalized spacial score (nSPS) is 24.3. The van der Waals surface area contributed by atoms with Crippen LogP contribution in [0.25, 0.3) is 0 Å². The molecule has 1 aliphatic heterocycles. The SMILES string of the molecule is NNC(=NC1CC1)C1Cc2ccccc2S1. The van der Waals surface area contributed by atoms with Gasteiger partial charge in [0.25, 0.3) is 0 Å². The summed E-state index contributed by atoms with van der Waals surface area (Å²) < 4.78 is 0. The Morgan fingerprint density at radius 1 is 1.38 bits per heavy atom. The van der Waals surface area contributed by atoms with Gasteiger partial charge in [0.1, 0.15) is 5.84 Å². The molecule has 0 amide bonds. The van der Waals surface area contributed by atoms with Gasteiger partial charge in [-0.05, 0) is 30.9 Å². The zero-order valence-corrected chi connectivity index (χ0v) is 9.83. The Kier molecular flexibility index (Phi) is 2.61. The molecule has 1 aromatic carbocycles. The summed E-state index contributed by atoms with van der Waals surface area (Å²) in [5.41, 5.74) is 4.19. The summed E-state index contributed by atoms with van der Waals surface area (Å²) in [7, 11) is 0. The van der Waals surface area contributed by atoms with Crippen molar-refractivity contribution in [3.63, 3.8) is 0 Å². The van der Waals surface area contributed by atoms with Gasteiger partial charge in [0, 0.05) is 4.90 Å². The number of benzene rings is 1. The molecule has 4 heteroatoms. The summed E-state index contributed by atoms with van der Waals surface area (Å²) in [5.74, 6) is 6.53. The molecule has 3 nitrogen and oxygen atoms in total. The number of rotatable bonds is 2.